The monoisotopic (exact) mass is 276 g/mol. The van der Waals surface area contributed by atoms with Gasteiger partial charge in [0.05, 0.1) is 6.10 Å². The third-order valence-electron chi connectivity index (χ3n) is 4.58. The summed E-state index contributed by atoms with van der Waals surface area (Å²) in [5.41, 5.74) is 1.56. The molecule has 0 bridgehead atoms. The third-order valence-corrected chi connectivity index (χ3v) is 4.58. The van der Waals surface area contributed by atoms with E-state index in [1.54, 1.807) is 0 Å². The fourth-order valence-electron chi connectivity index (χ4n) is 3.04. The number of hydrogen-bond acceptors (Lipinski definition) is 2. The van der Waals surface area contributed by atoms with Crippen molar-refractivity contribution >= 4 is 0 Å². The summed E-state index contributed by atoms with van der Waals surface area (Å²) in [6, 6.07) is 8.23. The zero-order valence-corrected chi connectivity index (χ0v) is 13.2. The van der Waals surface area contributed by atoms with E-state index >= 15 is 0 Å². The van der Waals surface area contributed by atoms with Crippen molar-refractivity contribution < 1.29 is 9.84 Å². The molecule has 0 saturated heterocycles. The molecule has 3 atom stereocenters. The standard InChI is InChI=1S/C18H28O2/c1-5-13-7-6-8-15(11-13)20-17-12-14(18(2,3)4)9-10-16(17)19/h6-8,11,14,16-17,19H,5,9-10,12H2,1-4H3. The molecule has 1 aromatic carbocycles. The molecule has 1 aromatic rings. The van der Waals surface area contributed by atoms with Gasteiger partial charge in [-0.1, -0.05) is 39.8 Å². The second-order valence-electron chi connectivity index (χ2n) is 7.10. The molecule has 0 heterocycles. The lowest BCUT2D eigenvalue weighted by atomic mass is 9.71. The van der Waals surface area contributed by atoms with Crippen molar-refractivity contribution in [1.29, 1.82) is 0 Å². The molecule has 1 fully saturated rings. The minimum Gasteiger partial charge on any atom is -0.488 e. The molecule has 1 N–H and O–H groups in total. The van der Waals surface area contributed by atoms with Gasteiger partial charge in [0.15, 0.2) is 0 Å². The summed E-state index contributed by atoms with van der Waals surface area (Å²) in [5.74, 6) is 1.51. The first-order chi connectivity index (χ1) is 9.40. The third kappa shape index (κ3) is 3.76. The maximum Gasteiger partial charge on any atom is 0.125 e. The molecule has 1 saturated carbocycles. The smallest absolute Gasteiger partial charge is 0.125 e. The molecule has 0 aliphatic heterocycles. The summed E-state index contributed by atoms with van der Waals surface area (Å²) >= 11 is 0. The molecule has 1 aliphatic carbocycles. The Morgan fingerprint density at radius 2 is 2.00 bits per heavy atom. The Hall–Kier alpha value is -1.02. The van der Waals surface area contributed by atoms with Crippen LogP contribution in [0.3, 0.4) is 0 Å². The molecule has 2 heteroatoms. The number of rotatable bonds is 3. The minimum absolute atomic E-state index is 0.0694. The summed E-state index contributed by atoms with van der Waals surface area (Å²) in [5, 5.41) is 10.2. The Kier molecular flexibility index (Phi) is 4.74. The van der Waals surface area contributed by atoms with Crippen LogP contribution in [0.15, 0.2) is 24.3 Å². The fraction of sp³-hybridized carbons (Fsp3) is 0.667. The van der Waals surface area contributed by atoms with Gasteiger partial charge in [0, 0.05) is 0 Å². The molecule has 0 spiro atoms. The van der Waals surface area contributed by atoms with E-state index in [-0.39, 0.29) is 17.6 Å². The van der Waals surface area contributed by atoms with E-state index in [9.17, 15) is 5.11 Å². The summed E-state index contributed by atoms with van der Waals surface area (Å²) in [6.45, 7) is 8.99. The molecule has 2 nitrogen and oxygen atoms in total. The number of aliphatic hydroxyl groups is 1. The number of hydrogen-bond donors (Lipinski definition) is 1. The van der Waals surface area contributed by atoms with Gasteiger partial charge in [0.25, 0.3) is 0 Å². The van der Waals surface area contributed by atoms with Gasteiger partial charge in [-0.2, -0.15) is 0 Å². The van der Waals surface area contributed by atoms with Crippen molar-refractivity contribution in [3.63, 3.8) is 0 Å². The van der Waals surface area contributed by atoms with E-state index in [0.29, 0.717) is 5.92 Å². The molecule has 0 radical (unpaired) electrons. The van der Waals surface area contributed by atoms with Crippen molar-refractivity contribution in [1.82, 2.24) is 0 Å². The molecule has 1 aliphatic rings. The first-order valence-electron chi connectivity index (χ1n) is 7.84. The van der Waals surface area contributed by atoms with E-state index in [0.717, 1.165) is 31.4 Å². The van der Waals surface area contributed by atoms with E-state index < -0.39 is 0 Å². The van der Waals surface area contributed by atoms with Crippen LogP contribution in [-0.4, -0.2) is 17.3 Å². The Labute approximate surface area is 123 Å². The van der Waals surface area contributed by atoms with Gasteiger partial charge in [-0.05, 0) is 54.7 Å². The lowest BCUT2D eigenvalue weighted by Gasteiger charge is -2.40. The minimum atomic E-state index is -0.334. The molecule has 20 heavy (non-hydrogen) atoms. The highest BCUT2D eigenvalue weighted by Gasteiger charge is 2.36. The van der Waals surface area contributed by atoms with Crippen molar-refractivity contribution in [2.45, 2.75) is 65.6 Å². The molecule has 3 unspecified atom stereocenters. The second kappa shape index (κ2) is 6.17. The van der Waals surface area contributed by atoms with Crippen LogP contribution in [0.5, 0.6) is 5.75 Å². The topological polar surface area (TPSA) is 29.5 Å². The van der Waals surface area contributed by atoms with E-state index in [1.807, 2.05) is 12.1 Å². The van der Waals surface area contributed by atoms with Gasteiger partial charge < -0.3 is 9.84 Å². The van der Waals surface area contributed by atoms with Crippen LogP contribution in [0.25, 0.3) is 0 Å². The van der Waals surface area contributed by atoms with Crippen LogP contribution in [0, 0.1) is 11.3 Å². The Morgan fingerprint density at radius 1 is 1.25 bits per heavy atom. The predicted molar refractivity (Wildman–Crippen MR) is 83.0 cm³/mol. The summed E-state index contributed by atoms with van der Waals surface area (Å²) in [7, 11) is 0. The molecule has 0 amide bonds. The fourth-order valence-corrected chi connectivity index (χ4v) is 3.04. The number of aliphatic hydroxyl groups excluding tert-OH is 1. The highest BCUT2D eigenvalue weighted by molar-refractivity contribution is 5.28. The lowest BCUT2D eigenvalue weighted by molar-refractivity contribution is -0.0297. The molecular formula is C18H28O2. The van der Waals surface area contributed by atoms with Crippen LogP contribution in [-0.2, 0) is 6.42 Å². The van der Waals surface area contributed by atoms with Crippen molar-refractivity contribution in [3.8, 4) is 5.75 Å². The first kappa shape index (κ1) is 15.4. The predicted octanol–water partition coefficient (Wildman–Crippen LogP) is 4.20. The van der Waals surface area contributed by atoms with Gasteiger partial charge in [-0.15, -0.1) is 0 Å². The highest BCUT2D eigenvalue weighted by atomic mass is 16.5. The first-order valence-corrected chi connectivity index (χ1v) is 7.84. The number of aryl methyl sites for hydroxylation is 1. The molecule has 112 valence electrons. The quantitative estimate of drug-likeness (QED) is 0.896. The van der Waals surface area contributed by atoms with Crippen LogP contribution in [0.2, 0.25) is 0 Å². The van der Waals surface area contributed by atoms with Crippen LogP contribution < -0.4 is 4.74 Å². The van der Waals surface area contributed by atoms with Crippen molar-refractivity contribution in [2.75, 3.05) is 0 Å². The Bertz CT molecular complexity index is 433. The van der Waals surface area contributed by atoms with Gasteiger partial charge >= 0.3 is 0 Å². The van der Waals surface area contributed by atoms with Gasteiger partial charge in [0.1, 0.15) is 11.9 Å². The Balaban J connectivity index is 2.06. The normalized spacial score (nSPS) is 27.4. The number of ether oxygens (including phenoxy) is 1. The Morgan fingerprint density at radius 3 is 2.65 bits per heavy atom. The van der Waals surface area contributed by atoms with Crippen molar-refractivity contribution in [3.05, 3.63) is 29.8 Å². The van der Waals surface area contributed by atoms with Crippen LogP contribution in [0.4, 0.5) is 0 Å². The highest BCUT2D eigenvalue weighted by Crippen LogP contribution is 2.39. The maximum absolute atomic E-state index is 10.2. The lowest BCUT2D eigenvalue weighted by Crippen LogP contribution is -2.41. The average Bonchev–Trinajstić information content (AvgIpc) is 2.40. The number of benzene rings is 1. The van der Waals surface area contributed by atoms with Crippen LogP contribution in [0.1, 0.15) is 52.5 Å². The van der Waals surface area contributed by atoms with E-state index in [4.69, 9.17) is 4.74 Å². The largest absolute Gasteiger partial charge is 0.488 e. The SMILES string of the molecule is CCc1cccc(OC2CC(C(C)(C)C)CCC2O)c1. The second-order valence-corrected chi connectivity index (χ2v) is 7.10. The van der Waals surface area contributed by atoms with Crippen molar-refractivity contribution in [2.24, 2.45) is 11.3 Å². The average molecular weight is 276 g/mol. The van der Waals surface area contributed by atoms with Gasteiger partial charge in [-0.3, -0.25) is 0 Å². The van der Waals surface area contributed by atoms with Crippen LogP contribution >= 0.6 is 0 Å². The van der Waals surface area contributed by atoms with E-state index in [1.165, 1.54) is 5.56 Å². The molecular weight excluding hydrogens is 248 g/mol. The van der Waals surface area contributed by atoms with Gasteiger partial charge in [-0.25, -0.2) is 0 Å². The molecule has 0 aromatic heterocycles. The maximum atomic E-state index is 10.2. The zero-order chi connectivity index (χ0) is 14.8. The summed E-state index contributed by atoms with van der Waals surface area (Å²) in [6.07, 6.45) is 3.49. The zero-order valence-electron chi connectivity index (χ0n) is 13.2. The molecule has 2 rings (SSSR count). The summed E-state index contributed by atoms with van der Waals surface area (Å²) in [4.78, 5) is 0. The van der Waals surface area contributed by atoms with E-state index in [2.05, 4.69) is 39.8 Å². The summed E-state index contributed by atoms with van der Waals surface area (Å²) < 4.78 is 6.09. The van der Waals surface area contributed by atoms with Gasteiger partial charge in [0.2, 0.25) is 0 Å².